The minimum Gasteiger partial charge on any atom is -0.350 e. The molecule has 0 atom stereocenters. The molecule has 4 nitrogen and oxygen atoms in total. The third-order valence-electron chi connectivity index (χ3n) is 6.33. The first-order valence-corrected chi connectivity index (χ1v) is 10.6. The van der Waals surface area contributed by atoms with Crippen molar-refractivity contribution in [1.29, 1.82) is 0 Å². The van der Waals surface area contributed by atoms with E-state index in [2.05, 4.69) is 15.5 Å². The summed E-state index contributed by atoms with van der Waals surface area (Å²) in [6, 6.07) is 9.02. The van der Waals surface area contributed by atoms with Gasteiger partial charge in [0, 0.05) is 45.6 Å². The van der Waals surface area contributed by atoms with E-state index in [1.54, 1.807) is 0 Å². The standard InChI is InChI=1S/C23H23F6N3O.2ClH/c24-22(25,26)18-9-15(10-19(11-18)23(27,28)29)14-31-20(33)21(32-7-5-30-6-8-32)12-16-3-1-2-4-17(16)13-21;;/h1-4,9-11,30H,5-8,12-14H2,(H,31,33);2*1H. The first-order valence-electron chi connectivity index (χ1n) is 10.6. The maximum Gasteiger partial charge on any atom is 0.416 e. The molecule has 0 aromatic heterocycles. The fourth-order valence-electron chi connectivity index (χ4n) is 4.68. The maximum absolute atomic E-state index is 13.5. The van der Waals surface area contributed by atoms with Gasteiger partial charge in [-0.1, -0.05) is 24.3 Å². The smallest absolute Gasteiger partial charge is 0.350 e. The number of nitrogens with one attached hydrogen (secondary N) is 2. The molecular formula is C23H25Cl2F6N3O. The Kier molecular flexibility index (Phi) is 9.14. The molecule has 2 aromatic carbocycles. The number of nitrogens with zero attached hydrogens (tertiary/aromatic N) is 1. The summed E-state index contributed by atoms with van der Waals surface area (Å²) >= 11 is 0. The molecule has 194 valence electrons. The number of carbonyl (C=O) groups excluding carboxylic acids is 1. The van der Waals surface area contributed by atoms with E-state index in [9.17, 15) is 31.1 Å². The molecular weight excluding hydrogens is 519 g/mol. The summed E-state index contributed by atoms with van der Waals surface area (Å²) in [5, 5.41) is 5.86. The SMILES string of the molecule is Cl.Cl.O=C(NCc1cc(C(F)(F)F)cc(C(F)(F)F)c1)C1(N2CCNCC2)Cc2ccccc2C1. The van der Waals surface area contributed by atoms with Crippen molar-refractivity contribution >= 4 is 30.7 Å². The second-order valence-corrected chi connectivity index (χ2v) is 8.49. The number of amides is 1. The predicted octanol–water partition coefficient (Wildman–Crippen LogP) is 4.63. The lowest BCUT2D eigenvalue weighted by Gasteiger charge is -2.42. The highest BCUT2D eigenvalue weighted by Gasteiger charge is 2.48. The molecule has 0 spiro atoms. The Hall–Kier alpha value is -2.01. The van der Waals surface area contributed by atoms with Crippen LogP contribution in [0.2, 0.25) is 0 Å². The number of fused-ring (bicyclic) bond motifs is 1. The van der Waals surface area contributed by atoms with Crippen LogP contribution in [0.3, 0.4) is 0 Å². The van der Waals surface area contributed by atoms with Crippen molar-refractivity contribution in [3.05, 3.63) is 70.3 Å². The number of halogens is 8. The zero-order valence-electron chi connectivity index (χ0n) is 18.4. The number of carbonyl (C=O) groups is 1. The Morgan fingerprint density at radius 2 is 1.37 bits per heavy atom. The van der Waals surface area contributed by atoms with Crippen LogP contribution in [0.15, 0.2) is 42.5 Å². The van der Waals surface area contributed by atoms with Crippen LogP contribution in [0.4, 0.5) is 26.3 Å². The highest BCUT2D eigenvalue weighted by molar-refractivity contribution is 5.88. The fraction of sp³-hybridized carbons (Fsp3) is 0.435. The second kappa shape index (κ2) is 10.9. The van der Waals surface area contributed by atoms with Crippen LogP contribution in [0.25, 0.3) is 0 Å². The highest BCUT2D eigenvalue weighted by Crippen LogP contribution is 2.37. The largest absolute Gasteiger partial charge is 0.416 e. The lowest BCUT2D eigenvalue weighted by molar-refractivity contribution is -0.143. The van der Waals surface area contributed by atoms with Crippen LogP contribution >= 0.6 is 24.8 Å². The van der Waals surface area contributed by atoms with Gasteiger partial charge in [0.05, 0.1) is 11.1 Å². The molecule has 1 amide bonds. The molecule has 0 saturated carbocycles. The van der Waals surface area contributed by atoms with E-state index in [0.717, 1.165) is 11.1 Å². The molecule has 0 bridgehead atoms. The molecule has 1 aliphatic heterocycles. The molecule has 1 aliphatic carbocycles. The number of piperazine rings is 1. The zero-order chi connectivity index (χ0) is 23.9. The number of rotatable bonds is 4. The third kappa shape index (κ3) is 6.22. The summed E-state index contributed by atoms with van der Waals surface area (Å²) < 4.78 is 79.0. The van der Waals surface area contributed by atoms with Gasteiger partial charge in [-0.3, -0.25) is 9.69 Å². The molecule has 2 aliphatic rings. The van der Waals surface area contributed by atoms with Crippen LogP contribution in [0.1, 0.15) is 27.8 Å². The molecule has 1 heterocycles. The van der Waals surface area contributed by atoms with Gasteiger partial charge in [0.2, 0.25) is 5.91 Å². The summed E-state index contributed by atoms with van der Waals surface area (Å²) in [6.45, 7) is 2.17. The van der Waals surface area contributed by atoms with Crippen molar-refractivity contribution in [1.82, 2.24) is 15.5 Å². The van der Waals surface area contributed by atoms with Gasteiger partial charge in [-0.05, 0) is 34.9 Å². The summed E-state index contributed by atoms with van der Waals surface area (Å²) in [5.74, 6) is -0.397. The molecule has 1 saturated heterocycles. The van der Waals surface area contributed by atoms with Crippen LogP contribution < -0.4 is 10.6 Å². The average Bonchev–Trinajstić information content (AvgIpc) is 3.18. The van der Waals surface area contributed by atoms with E-state index in [4.69, 9.17) is 0 Å². The van der Waals surface area contributed by atoms with Gasteiger partial charge in [-0.25, -0.2) is 0 Å². The Morgan fingerprint density at radius 1 is 0.886 bits per heavy atom. The van der Waals surface area contributed by atoms with Crippen molar-refractivity contribution in [3.63, 3.8) is 0 Å². The summed E-state index contributed by atoms with van der Waals surface area (Å²) in [4.78, 5) is 15.5. The van der Waals surface area contributed by atoms with E-state index < -0.39 is 41.5 Å². The van der Waals surface area contributed by atoms with Gasteiger partial charge in [0.1, 0.15) is 5.54 Å². The molecule has 0 unspecified atom stereocenters. The first-order chi connectivity index (χ1) is 15.5. The first kappa shape index (κ1) is 29.2. The quantitative estimate of drug-likeness (QED) is 0.553. The van der Waals surface area contributed by atoms with E-state index in [1.165, 1.54) is 0 Å². The van der Waals surface area contributed by atoms with Gasteiger partial charge >= 0.3 is 12.4 Å². The summed E-state index contributed by atoms with van der Waals surface area (Å²) in [6.07, 6.45) is -9.00. The zero-order valence-corrected chi connectivity index (χ0v) is 20.1. The number of alkyl halides is 6. The predicted molar refractivity (Wildman–Crippen MR) is 124 cm³/mol. The third-order valence-corrected chi connectivity index (χ3v) is 6.33. The number of benzene rings is 2. The van der Waals surface area contributed by atoms with Crippen molar-refractivity contribution in [2.45, 2.75) is 37.3 Å². The van der Waals surface area contributed by atoms with Crippen molar-refractivity contribution in [2.24, 2.45) is 0 Å². The average molecular weight is 544 g/mol. The number of hydrogen-bond acceptors (Lipinski definition) is 3. The van der Waals surface area contributed by atoms with Gasteiger partial charge < -0.3 is 10.6 Å². The van der Waals surface area contributed by atoms with Crippen LogP contribution in [0, 0.1) is 0 Å². The van der Waals surface area contributed by atoms with Gasteiger partial charge in [0.15, 0.2) is 0 Å². The summed E-state index contributed by atoms with van der Waals surface area (Å²) in [5.41, 5.74) is -1.94. The minimum atomic E-state index is -4.94. The molecule has 2 N–H and O–H groups in total. The Bertz CT molecular complexity index is 981. The normalized spacial score (nSPS) is 17.7. The minimum absolute atomic E-state index is 0. The van der Waals surface area contributed by atoms with E-state index in [-0.39, 0.29) is 36.4 Å². The van der Waals surface area contributed by atoms with Gasteiger partial charge in [-0.2, -0.15) is 26.3 Å². The topological polar surface area (TPSA) is 44.4 Å². The van der Waals surface area contributed by atoms with Crippen molar-refractivity contribution in [2.75, 3.05) is 26.2 Å². The van der Waals surface area contributed by atoms with Crippen LogP contribution in [-0.4, -0.2) is 42.5 Å². The Labute approximate surface area is 211 Å². The molecule has 0 radical (unpaired) electrons. The monoisotopic (exact) mass is 543 g/mol. The lowest BCUT2D eigenvalue weighted by atomic mass is 9.91. The van der Waals surface area contributed by atoms with Crippen LogP contribution in [0.5, 0.6) is 0 Å². The van der Waals surface area contributed by atoms with Gasteiger partial charge in [0.25, 0.3) is 0 Å². The van der Waals surface area contributed by atoms with E-state index >= 15 is 0 Å². The Balaban J connectivity index is 0.00000216. The molecule has 4 rings (SSSR count). The van der Waals surface area contributed by atoms with Crippen molar-refractivity contribution in [3.8, 4) is 0 Å². The van der Waals surface area contributed by atoms with Gasteiger partial charge in [-0.15, -0.1) is 24.8 Å². The van der Waals surface area contributed by atoms with E-state index in [1.807, 2.05) is 24.3 Å². The van der Waals surface area contributed by atoms with Crippen molar-refractivity contribution < 1.29 is 31.1 Å². The lowest BCUT2D eigenvalue weighted by Crippen LogP contribution is -2.63. The Morgan fingerprint density at radius 3 is 1.83 bits per heavy atom. The van der Waals surface area contributed by atoms with Crippen LogP contribution in [-0.2, 0) is 36.5 Å². The molecule has 1 fully saturated rings. The molecule has 12 heteroatoms. The second-order valence-electron chi connectivity index (χ2n) is 8.49. The summed E-state index contributed by atoms with van der Waals surface area (Å²) in [7, 11) is 0. The number of hydrogen-bond donors (Lipinski definition) is 2. The maximum atomic E-state index is 13.5. The fourth-order valence-corrected chi connectivity index (χ4v) is 4.68. The molecule has 2 aromatic rings. The van der Waals surface area contributed by atoms with E-state index in [0.29, 0.717) is 51.2 Å². The molecule has 35 heavy (non-hydrogen) atoms. The highest BCUT2D eigenvalue weighted by atomic mass is 35.5.